The van der Waals surface area contributed by atoms with Crippen LogP contribution in [0.1, 0.15) is 11.9 Å². The fourth-order valence-electron chi connectivity index (χ4n) is 0.883. The number of aliphatic hydroxyl groups excluding tert-OH is 1. The Hall–Kier alpha value is -1.06. The van der Waals surface area contributed by atoms with Crippen LogP contribution in [0.2, 0.25) is 0 Å². The molecule has 0 aliphatic carbocycles. The van der Waals surface area contributed by atoms with Gasteiger partial charge in [-0.15, -0.1) is 6.58 Å². The lowest BCUT2D eigenvalue weighted by atomic mass is 10.3. The molecule has 0 spiro atoms. The molecule has 1 atom stereocenters. The number of rotatable bonds is 5. The van der Waals surface area contributed by atoms with Crippen molar-refractivity contribution in [2.24, 2.45) is 0 Å². The van der Waals surface area contributed by atoms with Gasteiger partial charge in [0.25, 0.3) is 0 Å². The van der Waals surface area contributed by atoms with Crippen molar-refractivity contribution < 1.29 is 14.3 Å². The van der Waals surface area contributed by atoms with Crippen LogP contribution in [-0.4, -0.2) is 18.3 Å². The van der Waals surface area contributed by atoms with Crippen molar-refractivity contribution >= 4 is 0 Å². The summed E-state index contributed by atoms with van der Waals surface area (Å²) in [5.74, 6) is 0.638. The fraction of sp³-hybridized carbons (Fsp3) is 0.333. The van der Waals surface area contributed by atoms with Crippen molar-refractivity contribution in [1.82, 2.24) is 0 Å². The molecule has 0 aromatic carbocycles. The summed E-state index contributed by atoms with van der Waals surface area (Å²) < 4.78 is 10.3. The molecule has 0 bridgehead atoms. The summed E-state index contributed by atoms with van der Waals surface area (Å²) in [4.78, 5) is 0. The van der Waals surface area contributed by atoms with Crippen LogP contribution >= 0.6 is 0 Å². The van der Waals surface area contributed by atoms with E-state index in [4.69, 9.17) is 14.3 Å². The molecule has 0 saturated carbocycles. The van der Waals surface area contributed by atoms with Crippen molar-refractivity contribution in [1.29, 1.82) is 0 Å². The summed E-state index contributed by atoms with van der Waals surface area (Å²) in [5, 5.41) is 8.91. The molecule has 1 N–H and O–H groups in total. The number of aliphatic hydroxyl groups is 1. The Morgan fingerprint density at radius 1 is 1.75 bits per heavy atom. The molecule has 0 radical (unpaired) electrons. The van der Waals surface area contributed by atoms with Gasteiger partial charge in [-0.25, -0.2) is 0 Å². The second-order valence-corrected chi connectivity index (χ2v) is 2.31. The Kier molecular flexibility index (Phi) is 3.57. The summed E-state index contributed by atoms with van der Waals surface area (Å²) in [5.41, 5.74) is 0. The third-order valence-corrected chi connectivity index (χ3v) is 1.44. The van der Waals surface area contributed by atoms with Gasteiger partial charge >= 0.3 is 0 Å². The predicted octanol–water partition coefficient (Wildman–Crippen LogP) is 1.52. The van der Waals surface area contributed by atoms with Crippen molar-refractivity contribution in [3.05, 3.63) is 36.8 Å². The predicted molar refractivity (Wildman–Crippen MR) is 44.7 cm³/mol. The van der Waals surface area contributed by atoms with Gasteiger partial charge in [0.15, 0.2) is 0 Å². The summed E-state index contributed by atoms with van der Waals surface area (Å²) in [6.07, 6.45) is 2.80. The van der Waals surface area contributed by atoms with Crippen LogP contribution in [0.3, 0.4) is 0 Å². The Bertz CT molecular complexity index is 216. The van der Waals surface area contributed by atoms with E-state index >= 15 is 0 Å². The van der Waals surface area contributed by atoms with E-state index in [0.717, 1.165) is 0 Å². The maximum atomic E-state index is 8.91. The number of furan rings is 1. The number of ether oxygens (including phenoxy) is 1. The van der Waals surface area contributed by atoms with Crippen LogP contribution in [-0.2, 0) is 4.74 Å². The van der Waals surface area contributed by atoms with Gasteiger partial charge in [-0.1, -0.05) is 6.08 Å². The van der Waals surface area contributed by atoms with E-state index in [1.807, 2.05) is 0 Å². The minimum absolute atomic E-state index is 0.0820. The largest absolute Gasteiger partial charge is 0.466 e. The molecule has 3 heteroatoms. The van der Waals surface area contributed by atoms with Crippen LogP contribution in [0.4, 0.5) is 0 Å². The molecule has 0 amide bonds. The SMILES string of the molecule is C=CCO[C@H](CO)c1ccco1. The fourth-order valence-corrected chi connectivity index (χ4v) is 0.883. The molecular formula is C9H12O3. The van der Waals surface area contributed by atoms with Gasteiger partial charge in [-0.3, -0.25) is 0 Å². The van der Waals surface area contributed by atoms with Gasteiger partial charge in [-0.05, 0) is 12.1 Å². The van der Waals surface area contributed by atoms with Crippen LogP contribution < -0.4 is 0 Å². The van der Waals surface area contributed by atoms with Crippen LogP contribution in [0, 0.1) is 0 Å². The minimum Gasteiger partial charge on any atom is -0.466 e. The number of hydrogen-bond acceptors (Lipinski definition) is 3. The topological polar surface area (TPSA) is 42.6 Å². The third kappa shape index (κ3) is 2.22. The summed E-state index contributed by atoms with van der Waals surface area (Å²) in [7, 11) is 0. The van der Waals surface area contributed by atoms with Crippen LogP contribution in [0.5, 0.6) is 0 Å². The number of hydrogen-bond donors (Lipinski definition) is 1. The first kappa shape index (κ1) is 9.03. The molecule has 66 valence electrons. The van der Waals surface area contributed by atoms with Crippen LogP contribution in [0.25, 0.3) is 0 Å². The summed E-state index contributed by atoms with van der Waals surface area (Å²) in [6, 6.07) is 3.53. The maximum Gasteiger partial charge on any atom is 0.138 e. The smallest absolute Gasteiger partial charge is 0.138 e. The molecule has 0 fully saturated rings. The molecule has 1 aromatic heterocycles. The molecule has 1 rings (SSSR count). The Morgan fingerprint density at radius 2 is 2.58 bits per heavy atom. The van der Waals surface area contributed by atoms with Crippen molar-refractivity contribution in [2.45, 2.75) is 6.10 Å². The second kappa shape index (κ2) is 4.74. The molecule has 12 heavy (non-hydrogen) atoms. The molecule has 0 aliphatic rings. The second-order valence-electron chi connectivity index (χ2n) is 2.31. The van der Waals surface area contributed by atoms with E-state index in [1.54, 1.807) is 24.5 Å². The van der Waals surface area contributed by atoms with E-state index in [0.29, 0.717) is 12.4 Å². The quantitative estimate of drug-likeness (QED) is 0.678. The lowest BCUT2D eigenvalue weighted by Crippen LogP contribution is -2.07. The zero-order valence-electron chi connectivity index (χ0n) is 6.77. The summed E-state index contributed by atoms with van der Waals surface area (Å²) >= 11 is 0. The lowest BCUT2D eigenvalue weighted by Gasteiger charge is -2.10. The van der Waals surface area contributed by atoms with Gasteiger partial charge in [0, 0.05) is 0 Å². The van der Waals surface area contributed by atoms with Gasteiger partial charge in [0.1, 0.15) is 11.9 Å². The highest BCUT2D eigenvalue weighted by atomic mass is 16.5. The van der Waals surface area contributed by atoms with Gasteiger partial charge in [0.2, 0.25) is 0 Å². The Balaban J connectivity index is 2.51. The van der Waals surface area contributed by atoms with E-state index in [2.05, 4.69) is 6.58 Å². The van der Waals surface area contributed by atoms with Crippen molar-refractivity contribution in [3.8, 4) is 0 Å². The summed E-state index contributed by atoms with van der Waals surface area (Å²) in [6.45, 7) is 3.84. The highest BCUT2D eigenvalue weighted by Crippen LogP contribution is 2.16. The lowest BCUT2D eigenvalue weighted by molar-refractivity contribution is 0.0138. The first-order valence-electron chi connectivity index (χ1n) is 3.75. The van der Waals surface area contributed by atoms with E-state index < -0.39 is 0 Å². The third-order valence-electron chi connectivity index (χ3n) is 1.44. The van der Waals surface area contributed by atoms with E-state index in [1.165, 1.54) is 0 Å². The van der Waals surface area contributed by atoms with Crippen molar-refractivity contribution in [2.75, 3.05) is 13.2 Å². The van der Waals surface area contributed by atoms with Gasteiger partial charge < -0.3 is 14.3 Å². The first-order chi connectivity index (χ1) is 5.88. The molecule has 0 aliphatic heterocycles. The highest BCUT2D eigenvalue weighted by molar-refractivity contribution is 5.02. The van der Waals surface area contributed by atoms with Crippen molar-refractivity contribution in [3.63, 3.8) is 0 Å². The average molecular weight is 168 g/mol. The molecule has 1 heterocycles. The monoisotopic (exact) mass is 168 g/mol. The zero-order valence-corrected chi connectivity index (χ0v) is 6.77. The van der Waals surface area contributed by atoms with E-state index in [9.17, 15) is 0 Å². The maximum absolute atomic E-state index is 8.91. The average Bonchev–Trinajstić information content (AvgIpc) is 2.59. The van der Waals surface area contributed by atoms with Crippen LogP contribution in [0.15, 0.2) is 35.5 Å². The van der Waals surface area contributed by atoms with Gasteiger partial charge in [-0.2, -0.15) is 0 Å². The Morgan fingerprint density at radius 3 is 3.08 bits per heavy atom. The molecule has 0 saturated heterocycles. The molecular weight excluding hydrogens is 156 g/mol. The van der Waals surface area contributed by atoms with Gasteiger partial charge in [0.05, 0.1) is 19.5 Å². The normalized spacial score (nSPS) is 12.8. The molecule has 3 nitrogen and oxygen atoms in total. The minimum atomic E-state index is -0.377. The molecule has 0 unspecified atom stereocenters. The first-order valence-corrected chi connectivity index (χ1v) is 3.75. The highest BCUT2D eigenvalue weighted by Gasteiger charge is 2.12. The molecule has 1 aromatic rings. The zero-order chi connectivity index (χ0) is 8.81. The standard InChI is InChI=1S/C9H12O3/c1-2-5-11-9(7-10)8-4-3-6-12-8/h2-4,6,9-10H,1,5,7H2/t9-/m1/s1. The van der Waals surface area contributed by atoms with E-state index in [-0.39, 0.29) is 12.7 Å². The Labute approximate surface area is 71.3 Å².